The average molecular weight is 288 g/mol. The number of carboxylic acids is 1. The summed E-state index contributed by atoms with van der Waals surface area (Å²) in [5.41, 5.74) is 0.0737. The molecular weight excluding hydrogens is 273 g/mol. The number of hydrogen-bond donors (Lipinski definition) is 1. The van der Waals surface area contributed by atoms with Crippen LogP contribution in [0.5, 0.6) is 0 Å². The van der Waals surface area contributed by atoms with Crippen LogP contribution in [0.3, 0.4) is 0 Å². The fraction of sp³-hybridized carbons (Fsp3) is 0.462. The quantitative estimate of drug-likeness (QED) is 0.926. The maximum Gasteiger partial charge on any atom is 0.323 e. The molecule has 0 bridgehead atoms. The number of rotatable bonds is 3. The van der Waals surface area contributed by atoms with Crippen molar-refractivity contribution in [2.45, 2.75) is 31.8 Å². The molecule has 3 nitrogen and oxygen atoms in total. The van der Waals surface area contributed by atoms with Gasteiger partial charge in [-0.25, -0.2) is 0 Å². The van der Waals surface area contributed by atoms with Crippen molar-refractivity contribution in [2.75, 3.05) is 6.54 Å². The van der Waals surface area contributed by atoms with Crippen LogP contribution in [0.1, 0.15) is 25.3 Å². The summed E-state index contributed by atoms with van der Waals surface area (Å²) in [7, 11) is 0. The van der Waals surface area contributed by atoms with Crippen LogP contribution in [0.15, 0.2) is 18.2 Å². The van der Waals surface area contributed by atoms with Gasteiger partial charge in [-0.1, -0.05) is 23.2 Å². The molecule has 1 N–H and O–H groups in total. The van der Waals surface area contributed by atoms with Gasteiger partial charge in [-0.05, 0) is 50.1 Å². The highest BCUT2D eigenvalue weighted by molar-refractivity contribution is 6.33. The lowest BCUT2D eigenvalue weighted by Crippen LogP contribution is -2.47. The van der Waals surface area contributed by atoms with E-state index in [2.05, 4.69) is 0 Å². The molecule has 1 heterocycles. The van der Waals surface area contributed by atoms with Crippen LogP contribution >= 0.6 is 23.2 Å². The van der Waals surface area contributed by atoms with Gasteiger partial charge in [0.05, 0.1) is 0 Å². The van der Waals surface area contributed by atoms with Gasteiger partial charge in [0.1, 0.15) is 5.54 Å². The number of carbonyl (C=O) groups is 1. The summed E-state index contributed by atoms with van der Waals surface area (Å²) in [6.45, 7) is 3.05. The summed E-state index contributed by atoms with van der Waals surface area (Å²) >= 11 is 12.1. The summed E-state index contributed by atoms with van der Waals surface area (Å²) in [6, 6.07) is 5.27. The standard InChI is InChI=1S/C13H15Cl2NO2/c1-13(12(17)18)5-2-6-16(13)8-9-7-10(14)3-4-11(9)15/h3-4,7H,2,5-6,8H2,1H3,(H,17,18). The molecule has 1 aromatic carbocycles. The molecule has 1 fully saturated rings. The van der Waals surface area contributed by atoms with Crippen molar-refractivity contribution in [1.82, 2.24) is 4.90 Å². The second-order valence-electron chi connectivity index (χ2n) is 4.84. The number of halogens is 2. The van der Waals surface area contributed by atoms with Crippen LogP contribution in [0, 0.1) is 0 Å². The van der Waals surface area contributed by atoms with Gasteiger partial charge >= 0.3 is 5.97 Å². The lowest BCUT2D eigenvalue weighted by molar-refractivity contribution is -0.148. The van der Waals surface area contributed by atoms with E-state index in [1.807, 2.05) is 4.90 Å². The van der Waals surface area contributed by atoms with Crippen molar-refractivity contribution < 1.29 is 9.90 Å². The fourth-order valence-corrected chi connectivity index (χ4v) is 2.76. The van der Waals surface area contributed by atoms with Gasteiger partial charge in [-0.3, -0.25) is 9.69 Å². The average Bonchev–Trinajstić information content (AvgIpc) is 2.67. The number of likely N-dealkylation sites (tertiary alicyclic amines) is 1. The van der Waals surface area contributed by atoms with Crippen molar-refractivity contribution in [3.8, 4) is 0 Å². The Morgan fingerprint density at radius 1 is 1.50 bits per heavy atom. The van der Waals surface area contributed by atoms with E-state index in [1.54, 1.807) is 25.1 Å². The molecule has 0 amide bonds. The number of benzene rings is 1. The van der Waals surface area contributed by atoms with Crippen LogP contribution in [-0.2, 0) is 11.3 Å². The Morgan fingerprint density at radius 3 is 2.89 bits per heavy atom. The van der Waals surface area contributed by atoms with Gasteiger partial charge in [0.15, 0.2) is 0 Å². The number of nitrogens with zero attached hydrogens (tertiary/aromatic N) is 1. The molecule has 1 aromatic rings. The van der Waals surface area contributed by atoms with Crippen molar-refractivity contribution in [3.05, 3.63) is 33.8 Å². The smallest absolute Gasteiger partial charge is 0.323 e. The minimum absolute atomic E-state index is 0.516. The van der Waals surface area contributed by atoms with E-state index in [-0.39, 0.29) is 0 Å². The first-order valence-corrected chi connectivity index (χ1v) is 6.61. The van der Waals surface area contributed by atoms with Crippen molar-refractivity contribution in [3.63, 3.8) is 0 Å². The molecule has 0 aliphatic carbocycles. The third kappa shape index (κ3) is 2.48. The van der Waals surface area contributed by atoms with Crippen LogP contribution in [0.2, 0.25) is 10.0 Å². The van der Waals surface area contributed by atoms with Gasteiger partial charge in [0, 0.05) is 16.6 Å². The number of aliphatic carboxylic acids is 1. The van der Waals surface area contributed by atoms with Crippen LogP contribution in [0.4, 0.5) is 0 Å². The third-order valence-corrected chi connectivity index (χ3v) is 4.22. The highest BCUT2D eigenvalue weighted by atomic mass is 35.5. The molecule has 1 aliphatic rings. The van der Waals surface area contributed by atoms with E-state index in [0.29, 0.717) is 23.0 Å². The van der Waals surface area contributed by atoms with Gasteiger partial charge in [-0.2, -0.15) is 0 Å². The molecule has 0 aromatic heterocycles. The maximum atomic E-state index is 11.4. The zero-order chi connectivity index (χ0) is 13.3. The lowest BCUT2D eigenvalue weighted by atomic mass is 9.99. The van der Waals surface area contributed by atoms with Gasteiger partial charge in [0.2, 0.25) is 0 Å². The molecule has 0 saturated carbocycles. The monoisotopic (exact) mass is 287 g/mol. The Morgan fingerprint density at radius 2 is 2.22 bits per heavy atom. The summed E-state index contributed by atoms with van der Waals surface area (Å²) in [5, 5.41) is 10.6. The van der Waals surface area contributed by atoms with Crippen molar-refractivity contribution in [1.29, 1.82) is 0 Å². The summed E-state index contributed by atoms with van der Waals surface area (Å²) in [4.78, 5) is 13.3. The van der Waals surface area contributed by atoms with E-state index in [4.69, 9.17) is 23.2 Å². The van der Waals surface area contributed by atoms with Crippen LogP contribution in [-0.4, -0.2) is 28.1 Å². The summed E-state index contributed by atoms with van der Waals surface area (Å²) in [6.07, 6.45) is 1.56. The van der Waals surface area contributed by atoms with E-state index in [1.165, 1.54) is 0 Å². The highest BCUT2D eigenvalue weighted by Crippen LogP contribution is 2.32. The maximum absolute atomic E-state index is 11.4. The van der Waals surface area contributed by atoms with Crippen LogP contribution in [0.25, 0.3) is 0 Å². The minimum atomic E-state index is -0.800. The topological polar surface area (TPSA) is 40.5 Å². The molecule has 2 rings (SSSR count). The predicted octanol–water partition coefficient (Wildman–Crippen LogP) is 3.43. The lowest BCUT2D eigenvalue weighted by Gasteiger charge is -2.31. The van der Waals surface area contributed by atoms with Crippen molar-refractivity contribution in [2.24, 2.45) is 0 Å². The predicted molar refractivity (Wildman–Crippen MR) is 72.1 cm³/mol. The second kappa shape index (κ2) is 5.08. The van der Waals surface area contributed by atoms with Gasteiger partial charge in [0.25, 0.3) is 0 Å². The third-order valence-electron chi connectivity index (χ3n) is 3.62. The zero-order valence-electron chi connectivity index (χ0n) is 10.1. The molecule has 1 aliphatic heterocycles. The SMILES string of the molecule is CC1(C(=O)O)CCCN1Cc1cc(Cl)ccc1Cl. The number of hydrogen-bond acceptors (Lipinski definition) is 2. The van der Waals surface area contributed by atoms with E-state index >= 15 is 0 Å². The first kappa shape index (κ1) is 13.7. The van der Waals surface area contributed by atoms with Gasteiger partial charge in [-0.15, -0.1) is 0 Å². The Balaban J connectivity index is 2.23. The van der Waals surface area contributed by atoms with E-state index in [0.717, 1.165) is 18.5 Å². The molecule has 0 radical (unpaired) electrons. The molecule has 0 spiro atoms. The van der Waals surface area contributed by atoms with Crippen molar-refractivity contribution >= 4 is 29.2 Å². The minimum Gasteiger partial charge on any atom is -0.480 e. The Bertz CT molecular complexity index is 478. The molecule has 18 heavy (non-hydrogen) atoms. The largest absolute Gasteiger partial charge is 0.480 e. The molecule has 1 unspecified atom stereocenters. The molecule has 98 valence electrons. The highest BCUT2D eigenvalue weighted by Gasteiger charge is 2.43. The molecular formula is C13H15Cl2NO2. The first-order valence-electron chi connectivity index (χ1n) is 5.86. The van der Waals surface area contributed by atoms with Gasteiger partial charge < -0.3 is 5.11 Å². The Kier molecular flexibility index (Phi) is 3.85. The first-order chi connectivity index (χ1) is 8.43. The Labute approximate surface area is 116 Å². The zero-order valence-corrected chi connectivity index (χ0v) is 11.6. The van der Waals surface area contributed by atoms with E-state index in [9.17, 15) is 9.90 Å². The second-order valence-corrected chi connectivity index (χ2v) is 5.68. The Hall–Kier alpha value is -0.770. The molecule has 5 heteroatoms. The van der Waals surface area contributed by atoms with Crippen LogP contribution < -0.4 is 0 Å². The summed E-state index contributed by atoms with van der Waals surface area (Å²) < 4.78 is 0. The van der Waals surface area contributed by atoms with E-state index < -0.39 is 11.5 Å². The number of carboxylic acid groups (broad SMARTS) is 1. The fourth-order valence-electron chi connectivity index (χ4n) is 2.38. The summed E-state index contributed by atoms with van der Waals surface area (Å²) in [5.74, 6) is -0.779. The molecule has 1 saturated heterocycles. The normalized spacial score (nSPS) is 24.4. The molecule has 1 atom stereocenters.